The Hall–Kier alpha value is -2.63. The predicted molar refractivity (Wildman–Crippen MR) is 73.5 cm³/mol. The van der Waals surface area contributed by atoms with Crippen LogP contribution in [0.4, 0.5) is 14.5 Å². The number of amides is 1. The van der Waals surface area contributed by atoms with Gasteiger partial charge in [0.25, 0.3) is 0 Å². The SMILES string of the molecule is O=C(Cc1ccc(O)cc1)Nc1ccccc1OC(F)F. The fourth-order valence-corrected chi connectivity index (χ4v) is 1.76. The number of hydrogen-bond acceptors (Lipinski definition) is 3. The number of hydrogen-bond donors (Lipinski definition) is 2. The number of carbonyl (C=O) groups excluding carboxylic acids is 1. The number of nitrogens with one attached hydrogen (secondary N) is 1. The van der Waals surface area contributed by atoms with Crippen molar-refractivity contribution in [2.24, 2.45) is 0 Å². The molecular formula is C15H13F2NO3. The zero-order valence-electron chi connectivity index (χ0n) is 10.9. The summed E-state index contributed by atoms with van der Waals surface area (Å²) in [6.07, 6.45) is 0.0588. The molecule has 110 valence electrons. The topological polar surface area (TPSA) is 58.6 Å². The normalized spacial score (nSPS) is 10.4. The Bertz CT molecular complexity index is 615. The molecule has 6 heteroatoms. The molecule has 0 aliphatic heterocycles. The van der Waals surface area contributed by atoms with Crippen LogP contribution in [0.1, 0.15) is 5.56 Å². The van der Waals surface area contributed by atoms with Gasteiger partial charge in [-0.1, -0.05) is 24.3 Å². The third-order valence-electron chi connectivity index (χ3n) is 2.68. The second kappa shape index (κ2) is 6.69. The van der Waals surface area contributed by atoms with E-state index in [0.717, 1.165) is 0 Å². The molecule has 0 fully saturated rings. The summed E-state index contributed by atoms with van der Waals surface area (Å²) in [7, 11) is 0. The Morgan fingerprint density at radius 2 is 1.81 bits per heavy atom. The van der Waals surface area contributed by atoms with E-state index < -0.39 is 6.61 Å². The maximum absolute atomic E-state index is 12.3. The van der Waals surface area contributed by atoms with Crippen molar-refractivity contribution in [1.82, 2.24) is 0 Å². The first-order chi connectivity index (χ1) is 10.0. The Balaban J connectivity index is 2.04. The summed E-state index contributed by atoms with van der Waals surface area (Å²) in [4.78, 5) is 11.9. The van der Waals surface area contributed by atoms with Crippen LogP contribution in [0.2, 0.25) is 0 Å². The molecule has 0 bridgehead atoms. The molecule has 2 aromatic carbocycles. The first-order valence-electron chi connectivity index (χ1n) is 6.16. The van der Waals surface area contributed by atoms with E-state index in [1.165, 1.54) is 30.3 Å². The summed E-state index contributed by atoms with van der Waals surface area (Å²) < 4.78 is 28.9. The lowest BCUT2D eigenvalue weighted by Crippen LogP contribution is -2.15. The number of alkyl halides is 2. The first-order valence-corrected chi connectivity index (χ1v) is 6.16. The smallest absolute Gasteiger partial charge is 0.387 e. The van der Waals surface area contributed by atoms with Crippen molar-refractivity contribution >= 4 is 11.6 Å². The fourth-order valence-electron chi connectivity index (χ4n) is 1.76. The van der Waals surface area contributed by atoms with Crippen molar-refractivity contribution in [1.29, 1.82) is 0 Å². The molecule has 0 saturated heterocycles. The lowest BCUT2D eigenvalue weighted by atomic mass is 10.1. The Kier molecular flexibility index (Phi) is 4.71. The molecule has 0 heterocycles. The van der Waals surface area contributed by atoms with Gasteiger partial charge in [0.1, 0.15) is 11.5 Å². The number of anilines is 1. The van der Waals surface area contributed by atoms with Gasteiger partial charge in [0, 0.05) is 0 Å². The number of aromatic hydroxyl groups is 1. The maximum Gasteiger partial charge on any atom is 0.387 e. The zero-order chi connectivity index (χ0) is 15.2. The van der Waals surface area contributed by atoms with E-state index in [9.17, 15) is 13.6 Å². The predicted octanol–water partition coefficient (Wildman–Crippen LogP) is 3.17. The molecule has 0 unspecified atom stereocenters. The van der Waals surface area contributed by atoms with E-state index >= 15 is 0 Å². The number of halogens is 2. The zero-order valence-corrected chi connectivity index (χ0v) is 10.9. The van der Waals surface area contributed by atoms with E-state index in [0.29, 0.717) is 5.56 Å². The van der Waals surface area contributed by atoms with Crippen LogP contribution in [0.5, 0.6) is 11.5 Å². The van der Waals surface area contributed by atoms with E-state index in [4.69, 9.17) is 5.11 Å². The number of phenols is 1. The quantitative estimate of drug-likeness (QED) is 0.890. The average Bonchev–Trinajstić information content (AvgIpc) is 2.43. The van der Waals surface area contributed by atoms with Crippen molar-refractivity contribution in [2.75, 3.05) is 5.32 Å². The van der Waals surface area contributed by atoms with Crippen LogP contribution in [0.25, 0.3) is 0 Å². The lowest BCUT2D eigenvalue weighted by Gasteiger charge is -2.11. The second-order valence-corrected chi connectivity index (χ2v) is 4.27. The van der Waals surface area contributed by atoms with Gasteiger partial charge in [-0.15, -0.1) is 0 Å². The van der Waals surface area contributed by atoms with Crippen LogP contribution in [-0.4, -0.2) is 17.6 Å². The van der Waals surface area contributed by atoms with E-state index in [1.54, 1.807) is 18.2 Å². The third-order valence-corrected chi connectivity index (χ3v) is 2.68. The Morgan fingerprint density at radius 3 is 2.48 bits per heavy atom. The largest absolute Gasteiger partial charge is 0.508 e. The number of benzene rings is 2. The highest BCUT2D eigenvalue weighted by atomic mass is 19.3. The summed E-state index contributed by atoms with van der Waals surface area (Å²) in [5.74, 6) is -0.354. The molecule has 21 heavy (non-hydrogen) atoms. The summed E-state index contributed by atoms with van der Waals surface area (Å²) >= 11 is 0. The first kappa shape index (κ1) is 14.8. The standard InChI is InChI=1S/C15H13F2NO3/c16-15(17)21-13-4-2-1-3-12(13)18-14(20)9-10-5-7-11(19)8-6-10/h1-8,15,19H,9H2,(H,18,20). The summed E-state index contributed by atoms with van der Waals surface area (Å²) in [5.41, 5.74) is 0.874. The van der Waals surface area contributed by atoms with Gasteiger partial charge in [-0.3, -0.25) is 4.79 Å². The fraction of sp³-hybridized carbons (Fsp3) is 0.133. The summed E-state index contributed by atoms with van der Waals surface area (Å²) in [6.45, 7) is -2.96. The molecule has 4 nitrogen and oxygen atoms in total. The second-order valence-electron chi connectivity index (χ2n) is 4.27. The van der Waals surface area contributed by atoms with Crippen LogP contribution in [0, 0.1) is 0 Å². The minimum atomic E-state index is -2.96. The molecule has 2 aromatic rings. The van der Waals surface area contributed by atoms with Crippen LogP contribution < -0.4 is 10.1 Å². The van der Waals surface area contributed by atoms with Crippen molar-refractivity contribution < 1.29 is 23.4 Å². The van der Waals surface area contributed by atoms with Gasteiger partial charge >= 0.3 is 6.61 Å². The number of para-hydroxylation sites is 2. The minimum absolute atomic E-state index is 0.0588. The van der Waals surface area contributed by atoms with Gasteiger partial charge in [-0.2, -0.15) is 8.78 Å². The van der Waals surface area contributed by atoms with Crippen molar-refractivity contribution in [3.8, 4) is 11.5 Å². The molecule has 2 rings (SSSR count). The van der Waals surface area contributed by atoms with Crippen LogP contribution in [0.3, 0.4) is 0 Å². The number of phenolic OH excluding ortho intramolecular Hbond substituents is 1. The van der Waals surface area contributed by atoms with Gasteiger partial charge in [0.15, 0.2) is 0 Å². The highest BCUT2D eigenvalue weighted by molar-refractivity contribution is 5.93. The molecule has 0 aliphatic rings. The highest BCUT2D eigenvalue weighted by Crippen LogP contribution is 2.25. The molecule has 0 saturated carbocycles. The Labute approximate surface area is 120 Å². The minimum Gasteiger partial charge on any atom is -0.508 e. The van der Waals surface area contributed by atoms with E-state index in [2.05, 4.69) is 10.1 Å². The molecule has 1 amide bonds. The van der Waals surface area contributed by atoms with Crippen molar-refractivity contribution in [2.45, 2.75) is 13.0 Å². The van der Waals surface area contributed by atoms with Crippen LogP contribution in [0.15, 0.2) is 48.5 Å². The Morgan fingerprint density at radius 1 is 1.14 bits per heavy atom. The van der Waals surface area contributed by atoms with Crippen molar-refractivity contribution in [3.63, 3.8) is 0 Å². The average molecular weight is 293 g/mol. The third kappa shape index (κ3) is 4.45. The molecule has 0 radical (unpaired) electrons. The van der Waals surface area contributed by atoms with Crippen molar-refractivity contribution in [3.05, 3.63) is 54.1 Å². The number of carbonyl (C=O) groups is 1. The van der Waals surface area contributed by atoms with Gasteiger partial charge in [0.2, 0.25) is 5.91 Å². The highest BCUT2D eigenvalue weighted by Gasteiger charge is 2.11. The van der Waals surface area contributed by atoms with Crippen LogP contribution in [-0.2, 0) is 11.2 Å². The van der Waals surface area contributed by atoms with E-state index in [1.807, 2.05) is 0 Å². The molecule has 2 N–H and O–H groups in total. The summed E-state index contributed by atoms with van der Waals surface area (Å²) in [6, 6.07) is 12.1. The lowest BCUT2D eigenvalue weighted by molar-refractivity contribution is -0.115. The molecule has 0 aliphatic carbocycles. The molecule has 0 spiro atoms. The van der Waals surface area contributed by atoms with Gasteiger partial charge in [-0.25, -0.2) is 0 Å². The van der Waals surface area contributed by atoms with Gasteiger partial charge < -0.3 is 15.2 Å². The maximum atomic E-state index is 12.3. The monoisotopic (exact) mass is 293 g/mol. The van der Waals surface area contributed by atoms with Crippen LogP contribution >= 0.6 is 0 Å². The number of rotatable bonds is 5. The molecule has 0 aromatic heterocycles. The van der Waals surface area contributed by atoms with E-state index in [-0.39, 0.29) is 29.5 Å². The molecular weight excluding hydrogens is 280 g/mol. The molecule has 0 atom stereocenters. The number of ether oxygens (including phenoxy) is 1. The summed E-state index contributed by atoms with van der Waals surface area (Å²) in [5, 5.41) is 11.7. The van der Waals surface area contributed by atoms with Gasteiger partial charge in [0.05, 0.1) is 12.1 Å². The van der Waals surface area contributed by atoms with Gasteiger partial charge in [-0.05, 0) is 29.8 Å².